The molecule has 0 bridgehead atoms. The van der Waals surface area contributed by atoms with Crippen LogP contribution in [0, 0.1) is 16.7 Å². The Bertz CT molecular complexity index is 270. The first-order valence-electron chi connectivity index (χ1n) is 6.80. The molecule has 2 N–H and O–H groups in total. The second-order valence-corrected chi connectivity index (χ2v) is 6.26. The van der Waals surface area contributed by atoms with Crippen molar-refractivity contribution >= 4 is 0 Å². The minimum absolute atomic E-state index is 0.174. The number of nitrogens with zero attached hydrogens (tertiary/aromatic N) is 2. The normalized spacial score (nSPS) is 20.1. The van der Waals surface area contributed by atoms with Crippen LogP contribution in [0.3, 0.4) is 0 Å². The predicted molar refractivity (Wildman–Crippen MR) is 71.5 cm³/mol. The van der Waals surface area contributed by atoms with Gasteiger partial charge in [-0.3, -0.25) is 4.90 Å². The molecule has 1 fully saturated rings. The zero-order chi connectivity index (χ0) is 13.1. The molecule has 0 aliphatic heterocycles. The summed E-state index contributed by atoms with van der Waals surface area (Å²) in [4.78, 5) is 2.50. The summed E-state index contributed by atoms with van der Waals surface area (Å²) < 4.78 is 0. The van der Waals surface area contributed by atoms with Crippen LogP contribution >= 0.6 is 0 Å². The van der Waals surface area contributed by atoms with Crippen molar-refractivity contribution in [2.75, 3.05) is 6.54 Å². The van der Waals surface area contributed by atoms with Crippen LogP contribution in [0.4, 0.5) is 0 Å². The topological polar surface area (TPSA) is 53.0 Å². The molecule has 3 nitrogen and oxygen atoms in total. The molecule has 0 radical (unpaired) electrons. The van der Waals surface area contributed by atoms with Crippen molar-refractivity contribution in [1.82, 2.24) is 4.90 Å². The van der Waals surface area contributed by atoms with E-state index in [-0.39, 0.29) is 11.5 Å². The molecule has 0 saturated heterocycles. The molecule has 98 valence electrons. The van der Waals surface area contributed by atoms with Gasteiger partial charge in [0.1, 0.15) is 0 Å². The van der Waals surface area contributed by atoms with Gasteiger partial charge in [-0.1, -0.05) is 27.7 Å². The van der Waals surface area contributed by atoms with Gasteiger partial charge in [-0.05, 0) is 24.7 Å². The van der Waals surface area contributed by atoms with Crippen LogP contribution in [0.15, 0.2) is 0 Å². The summed E-state index contributed by atoms with van der Waals surface area (Å²) in [6, 6.07) is 3.52. The standard InChI is InChI=1S/C14H27N3/c1-5-12(16)13(14(2,3)4)17(10-6-9-15)11-7-8-11/h11-13H,5-8,10,16H2,1-4H3. The molecule has 0 heterocycles. The molecule has 1 aliphatic rings. The van der Waals surface area contributed by atoms with Gasteiger partial charge in [0.2, 0.25) is 0 Å². The summed E-state index contributed by atoms with van der Waals surface area (Å²) in [5.74, 6) is 0. The van der Waals surface area contributed by atoms with E-state index in [4.69, 9.17) is 11.0 Å². The van der Waals surface area contributed by atoms with E-state index >= 15 is 0 Å². The van der Waals surface area contributed by atoms with Crippen LogP contribution in [-0.4, -0.2) is 29.6 Å². The summed E-state index contributed by atoms with van der Waals surface area (Å²) in [5, 5.41) is 8.79. The third-order valence-electron chi connectivity index (χ3n) is 3.62. The fourth-order valence-electron chi connectivity index (χ4n) is 2.74. The van der Waals surface area contributed by atoms with Gasteiger partial charge < -0.3 is 5.73 Å². The van der Waals surface area contributed by atoms with Gasteiger partial charge in [0, 0.05) is 31.1 Å². The van der Waals surface area contributed by atoms with Crippen LogP contribution < -0.4 is 5.73 Å². The first kappa shape index (κ1) is 14.5. The van der Waals surface area contributed by atoms with Crippen LogP contribution in [0.5, 0.6) is 0 Å². The molecular weight excluding hydrogens is 210 g/mol. The average Bonchev–Trinajstić information content (AvgIpc) is 3.05. The minimum Gasteiger partial charge on any atom is -0.326 e. The van der Waals surface area contributed by atoms with Crippen LogP contribution in [0.25, 0.3) is 0 Å². The first-order chi connectivity index (χ1) is 7.91. The van der Waals surface area contributed by atoms with E-state index in [9.17, 15) is 0 Å². The van der Waals surface area contributed by atoms with Gasteiger partial charge in [0.25, 0.3) is 0 Å². The predicted octanol–water partition coefficient (Wildman–Crippen LogP) is 2.52. The van der Waals surface area contributed by atoms with Crippen LogP contribution in [0.1, 0.15) is 53.4 Å². The van der Waals surface area contributed by atoms with E-state index in [2.05, 4.69) is 38.7 Å². The maximum Gasteiger partial charge on any atom is 0.0635 e. The van der Waals surface area contributed by atoms with E-state index in [1.165, 1.54) is 12.8 Å². The fourth-order valence-corrected chi connectivity index (χ4v) is 2.74. The van der Waals surface area contributed by atoms with Crippen molar-refractivity contribution in [2.24, 2.45) is 11.1 Å². The SMILES string of the molecule is CCC(N)C(N(CCC#N)C1CC1)C(C)(C)C. The molecule has 1 saturated carbocycles. The Balaban J connectivity index is 2.80. The third kappa shape index (κ3) is 3.97. The lowest BCUT2D eigenvalue weighted by molar-refractivity contribution is 0.0707. The first-order valence-corrected chi connectivity index (χ1v) is 6.80. The van der Waals surface area contributed by atoms with Crippen molar-refractivity contribution in [3.63, 3.8) is 0 Å². The molecular formula is C14H27N3. The lowest BCUT2D eigenvalue weighted by atomic mass is 9.80. The van der Waals surface area contributed by atoms with E-state index in [0.717, 1.165) is 13.0 Å². The Kier molecular flexibility index (Phi) is 4.97. The van der Waals surface area contributed by atoms with Crippen molar-refractivity contribution in [3.8, 4) is 6.07 Å². The summed E-state index contributed by atoms with van der Waals surface area (Å²) >= 11 is 0. The second kappa shape index (κ2) is 5.84. The molecule has 1 aliphatic carbocycles. The molecule has 0 aromatic rings. The molecule has 0 amide bonds. The molecule has 2 atom stereocenters. The lowest BCUT2D eigenvalue weighted by Crippen LogP contribution is -2.55. The maximum absolute atomic E-state index is 8.79. The van der Waals surface area contributed by atoms with Gasteiger partial charge in [-0.2, -0.15) is 5.26 Å². The van der Waals surface area contributed by atoms with Crippen LogP contribution in [0.2, 0.25) is 0 Å². The van der Waals surface area contributed by atoms with Crippen LogP contribution in [-0.2, 0) is 0 Å². The summed E-state index contributed by atoms with van der Waals surface area (Å²) in [5.41, 5.74) is 6.49. The van der Waals surface area contributed by atoms with Gasteiger partial charge in [0.05, 0.1) is 6.07 Å². The van der Waals surface area contributed by atoms with Gasteiger partial charge in [-0.25, -0.2) is 0 Å². The summed E-state index contributed by atoms with van der Waals surface area (Å²) in [6.07, 6.45) is 4.15. The molecule has 2 unspecified atom stereocenters. The Morgan fingerprint density at radius 1 is 1.41 bits per heavy atom. The Morgan fingerprint density at radius 2 is 2.00 bits per heavy atom. The zero-order valence-electron chi connectivity index (χ0n) is 11.7. The van der Waals surface area contributed by atoms with E-state index in [1.54, 1.807) is 0 Å². The smallest absolute Gasteiger partial charge is 0.0635 e. The number of hydrogen-bond donors (Lipinski definition) is 1. The highest BCUT2D eigenvalue weighted by molar-refractivity contribution is 4.98. The third-order valence-corrected chi connectivity index (χ3v) is 3.62. The zero-order valence-corrected chi connectivity index (χ0v) is 11.7. The monoisotopic (exact) mass is 237 g/mol. The highest BCUT2D eigenvalue weighted by atomic mass is 15.2. The Labute approximate surface area is 106 Å². The molecule has 0 spiro atoms. The van der Waals surface area contributed by atoms with E-state index < -0.39 is 0 Å². The van der Waals surface area contributed by atoms with Crippen molar-refractivity contribution in [3.05, 3.63) is 0 Å². The molecule has 17 heavy (non-hydrogen) atoms. The van der Waals surface area contributed by atoms with Crippen molar-refractivity contribution in [2.45, 2.75) is 71.5 Å². The maximum atomic E-state index is 8.79. The molecule has 3 heteroatoms. The Morgan fingerprint density at radius 3 is 2.35 bits per heavy atom. The number of rotatable bonds is 6. The largest absolute Gasteiger partial charge is 0.326 e. The Hall–Kier alpha value is -0.590. The van der Waals surface area contributed by atoms with Gasteiger partial charge in [-0.15, -0.1) is 0 Å². The van der Waals surface area contributed by atoms with E-state index in [1.807, 2.05) is 0 Å². The van der Waals surface area contributed by atoms with E-state index in [0.29, 0.717) is 18.5 Å². The second-order valence-electron chi connectivity index (χ2n) is 6.26. The number of nitriles is 1. The lowest BCUT2D eigenvalue weighted by Gasteiger charge is -2.43. The number of hydrogen-bond acceptors (Lipinski definition) is 3. The number of nitrogens with two attached hydrogens (primary N) is 1. The van der Waals surface area contributed by atoms with Crippen molar-refractivity contribution < 1.29 is 0 Å². The molecule has 0 aromatic heterocycles. The summed E-state index contributed by atoms with van der Waals surface area (Å²) in [7, 11) is 0. The fraction of sp³-hybridized carbons (Fsp3) is 0.929. The minimum atomic E-state index is 0.174. The summed E-state index contributed by atoms with van der Waals surface area (Å²) in [6.45, 7) is 9.80. The molecule has 0 aromatic carbocycles. The quantitative estimate of drug-likeness (QED) is 0.772. The van der Waals surface area contributed by atoms with Gasteiger partial charge >= 0.3 is 0 Å². The highest BCUT2D eigenvalue weighted by Crippen LogP contribution is 2.36. The average molecular weight is 237 g/mol. The highest BCUT2D eigenvalue weighted by Gasteiger charge is 2.41. The molecule has 1 rings (SSSR count). The van der Waals surface area contributed by atoms with Gasteiger partial charge in [0.15, 0.2) is 0 Å². The van der Waals surface area contributed by atoms with Crippen molar-refractivity contribution in [1.29, 1.82) is 5.26 Å².